The highest BCUT2D eigenvalue weighted by Gasteiger charge is 2.47. The highest BCUT2D eigenvalue weighted by atomic mass is 31.3. The lowest BCUT2D eigenvalue weighted by Crippen LogP contribution is -2.02. The second-order valence-corrected chi connectivity index (χ2v) is 3.48. The molecule has 0 saturated heterocycles. The zero-order valence-corrected chi connectivity index (χ0v) is 7.42. The summed E-state index contributed by atoms with van der Waals surface area (Å²) in [7, 11) is -2.80. The van der Waals surface area contributed by atoms with Crippen LogP contribution in [0.5, 0.6) is 0 Å². The van der Waals surface area contributed by atoms with Crippen LogP contribution in [0.4, 0.5) is 25.7 Å². The fourth-order valence-electron chi connectivity index (χ4n) is 0.686. The molecule has 0 bridgehead atoms. The standard InChI is InChI=1S/C6H3F5P.BF/c7-4-1-5(8)3-6(2-4)12(9,10)11;1-2/h1-3H;/q+1;. The lowest BCUT2D eigenvalue weighted by molar-refractivity contribution is 0.577. The molecule has 0 aromatic heterocycles. The van der Waals surface area contributed by atoms with Crippen molar-refractivity contribution in [2.45, 2.75) is 0 Å². The summed E-state index contributed by atoms with van der Waals surface area (Å²) in [5.74, 6) is -2.41. The normalized spacial score (nSPS) is 10.4. The first-order chi connectivity index (χ1) is 6.39. The van der Waals surface area contributed by atoms with E-state index in [9.17, 15) is 21.4 Å². The predicted molar refractivity (Wildman–Crippen MR) is 43.1 cm³/mol. The van der Waals surface area contributed by atoms with Gasteiger partial charge in [-0.1, -0.05) is 0 Å². The van der Waals surface area contributed by atoms with Crippen LogP contribution in [-0.2, 0) is 0 Å². The molecule has 0 N–H and O–H groups in total. The van der Waals surface area contributed by atoms with Crippen LogP contribution >= 0.6 is 8.19 Å². The molecule has 0 fully saturated rings. The van der Waals surface area contributed by atoms with E-state index in [0.717, 1.165) is 0 Å². The van der Waals surface area contributed by atoms with Gasteiger partial charge in [-0.15, -0.1) is 0 Å². The minimum Gasteiger partial charge on any atom is -0.350 e. The van der Waals surface area contributed by atoms with Crippen LogP contribution in [-0.4, -0.2) is 8.12 Å². The quantitative estimate of drug-likeness (QED) is 0.395. The topological polar surface area (TPSA) is 0 Å². The first-order valence-corrected chi connectivity index (χ1v) is 4.52. The molecule has 1 aromatic rings. The molecule has 0 aliphatic carbocycles. The highest BCUT2D eigenvalue weighted by molar-refractivity contribution is 7.68. The monoisotopic (exact) mass is 231 g/mol. The second kappa shape index (κ2) is 5.24. The fourth-order valence-corrected chi connectivity index (χ4v) is 1.23. The van der Waals surface area contributed by atoms with Gasteiger partial charge in [-0.3, -0.25) is 0 Å². The molecule has 76 valence electrons. The SMILES string of the molecule is Fc1cc(F)cc([P+](F)(F)F)c1.[B]F. The second-order valence-electron chi connectivity index (χ2n) is 2.07. The van der Waals surface area contributed by atoms with Gasteiger partial charge in [-0.2, -0.15) is 0 Å². The smallest absolute Gasteiger partial charge is 0.350 e. The Kier molecular flexibility index (Phi) is 4.98. The van der Waals surface area contributed by atoms with Crippen LogP contribution in [0.25, 0.3) is 0 Å². The Bertz CT molecular complexity index is 279. The average Bonchev–Trinajstić information content (AvgIpc) is 2.04. The Morgan fingerprint density at radius 3 is 1.50 bits per heavy atom. The van der Waals surface area contributed by atoms with E-state index in [2.05, 4.69) is 8.12 Å². The van der Waals surface area contributed by atoms with Crippen LogP contribution in [0, 0.1) is 11.6 Å². The number of hydrogen-bond donors (Lipinski definition) is 0. The lowest BCUT2D eigenvalue weighted by atomic mass is 10.3. The average molecular weight is 231 g/mol. The molecule has 0 unspecified atom stereocenters. The largest absolute Gasteiger partial charge is 0.602 e. The summed E-state index contributed by atoms with van der Waals surface area (Å²) in [6.45, 7) is 0. The van der Waals surface area contributed by atoms with Crippen LogP contribution in [0.2, 0.25) is 0 Å². The van der Waals surface area contributed by atoms with Crippen molar-refractivity contribution in [1.29, 1.82) is 0 Å². The van der Waals surface area contributed by atoms with Crippen molar-refractivity contribution >= 4 is 21.6 Å². The third-order valence-electron chi connectivity index (χ3n) is 1.14. The Morgan fingerprint density at radius 2 is 1.21 bits per heavy atom. The van der Waals surface area contributed by atoms with Crippen LogP contribution in [0.15, 0.2) is 18.2 Å². The first kappa shape index (κ1) is 13.3. The zero-order chi connectivity index (χ0) is 11.4. The molecule has 0 spiro atoms. The molecule has 0 atom stereocenters. The third kappa shape index (κ3) is 4.00. The van der Waals surface area contributed by atoms with E-state index in [1.807, 2.05) is 0 Å². The summed E-state index contributed by atoms with van der Waals surface area (Å²) in [6, 6.07) is 0.979. The van der Waals surface area contributed by atoms with Crippen molar-refractivity contribution in [3.8, 4) is 0 Å². The van der Waals surface area contributed by atoms with E-state index in [0.29, 0.717) is 6.07 Å². The number of rotatable bonds is 1. The van der Waals surface area contributed by atoms with Gasteiger partial charge in [-0.05, 0) is 0 Å². The Balaban J connectivity index is 0.000000791. The van der Waals surface area contributed by atoms with Gasteiger partial charge >= 0.3 is 16.3 Å². The van der Waals surface area contributed by atoms with Gasteiger partial charge in [0.05, 0.1) is 0 Å². The van der Waals surface area contributed by atoms with Crippen molar-refractivity contribution in [1.82, 2.24) is 0 Å². The summed E-state index contributed by atoms with van der Waals surface area (Å²) < 4.78 is 69.2. The van der Waals surface area contributed by atoms with Crippen molar-refractivity contribution in [2.75, 3.05) is 0 Å². The van der Waals surface area contributed by atoms with Crippen LogP contribution in [0.3, 0.4) is 0 Å². The van der Waals surface area contributed by atoms with Gasteiger partial charge in [0.25, 0.3) is 0 Å². The molecule has 2 radical (unpaired) electrons. The Morgan fingerprint density at radius 1 is 0.857 bits per heavy atom. The molecule has 0 nitrogen and oxygen atoms in total. The Hall–Kier alpha value is -0.705. The summed E-state index contributed by atoms with van der Waals surface area (Å²) in [5.41, 5.74) is 0. The maximum Gasteiger partial charge on any atom is 0.602 e. The molecule has 14 heavy (non-hydrogen) atoms. The van der Waals surface area contributed by atoms with Gasteiger partial charge in [-0.25, -0.2) is 8.78 Å². The molecule has 1 rings (SSSR count). The van der Waals surface area contributed by atoms with Gasteiger partial charge in [0.1, 0.15) is 11.6 Å². The molecule has 1 aromatic carbocycles. The van der Waals surface area contributed by atoms with E-state index in [1.54, 1.807) is 0 Å². The molecule has 0 aliphatic heterocycles. The van der Waals surface area contributed by atoms with E-state index in [1.165, 1.54) is 0 Å². The minimum absolute atomic E-state index is 0.289. The van der Waals surface area contributed by atoms with E-state index in [4.69, 9.17) is 4.32 Å². The molecular formula is C6H3BF6P+. The lowest BCUT2D eigenvalue weighted by Gasteiger charge is -1.94. The maximum absolute atomic E-state index is 12.2. The van der Waals surface area contributed by atoms with Crippen molar-refractivity contribution in [2.24, 2.45) is 0 Å². The Labute approximate surface area is 78.1 Å². The van der Waals surface area contributed by atoms with Crippen molar-refractivity contribution < 1.29 is 25.7 Å². The van der Waals surface area contributed by atoms with E-state index >= 15 is 0 Å². The first-order valence-electron chi connectivity index (χ1n) is 3.06. The molecule has 0 aliphatic rings. The zero-order valence-electron chi connectivity index (χ0n) is 6.52. The third-order valence-corrected chi connectivity index (χ3v) is 1.98. The highest BCUT2D eigenvalue weighted by Crippen LogP contribution is 2.62. The van der Waals surface area contributed by atoms with Gasteiger partial charge in [0.2, 0.25) is 5.30 Å². The summed E-state index contributed by atoms with van der Waals surface area (Å²) in [5, 5.41) is -1.21. The van der Waals surface area contributed by atoms with Crippen LogP contribution in [0.1, 0.15) is 0 Å². The number of hydrogen-bond acceptors (Lipinski definition) is 0. The van der Waals surface area contributed by atoms with Gasteiger partial charge < -0.3 is 4.32 Å². The molecule has 0 heterocycles. The number of halogens is 6. The van der Waals surface area contributed by atoms with Crippen molar-refractivity contribution in [3.05, 3.63) is 29.8 Å². The van der Waals surface area contributed by atoms with Gasteiger partial charge in [0.15, 0.2) is 0 Å². The van der Waals surface area contributed by atoms with Crippen molar-refractivity contribution in [3.63, 3.8) is 0 Å². The predicted octanol–water partition coefficient (Wildman–Crippen LogP) is 3.30. The fraction of sp³-hybridized carbons (Fsp3) is 0. The number of benzene rings is 1. The maximum atomic E-state index is 12.2. The molecular weight excluding hydrogens is 228 g/mol. The van der Waals surface area contributed by atoms with E-state index < -0.39 is 25.1 Å². The van der Waals surface area contributed by atoms with E-state index in [-0.39, 0.29) is 12.1 Å². The van der Waals surface area contributed by atoms with Gasteiger partial charge in [0, 0.05) is 30.8 Å². The summed E-state index contributed by atoms with van der Waals surface area (Å²) in [4.78, 5) is 0. The molecule has 0 amide bonds. The minimum atomic E-state index is -5.80. The molecule has 8 heteroatoms. The molecule has 0 saturated carbocycles. The van der Waals surface area contributed by atoms with Crippen LogP contribution < -0.4 is 5.30 Å². The summed E-state index contributed by atoms with van der Waals surface area (Å²) >= 11 is 0. The summed E-state index contributed by atoms with van der Waals surface area (Å²) in [6.07, 6.45) is 0.